The molecule has 166 valence electrons. The first-order valence-corrected chi connectivity index (χ1v) is 11.2. The average molecular weight is 571 g/mol. The lowest BCUT2D eigenvalue weighted by atomic mass is 10.1. The lowest BCUT2D eigenvalue weighted by Gasteiger charge is -2.11. The minimum atomic E-state index is -0.523. The van der Waals surface area contributed by atoms with E-state index >= 15 is 0 Å². The fourth-order valence-electron chi connectivity index (χ4n) is 2.74. The average Bonchev–Trinajstić information content (AvgIpc) is 2.79. The summed E-state index contributed by atoms with van der Waals surface area (Å²) < 4.78 is 12.2. The van der Waals surface area contributed by atoms with Crippen molar-refractivity contribution >= 4 is 50.0 Å². The van der Waals surface area contributed by atoms with E-state index < -0.39 is 11.9 Å². The van der Waals surface area contributed by atoms with Crippen molar-refractivity contribution in [1.29, 1.82) is 5.26 Å². The quantitative estimate of drug-likeness (QED) is 0.183. The first-order chi connectivity index (χ1) is 15.9. The number of carbonyl (C=O) groups excluding carboxylic acids is 2. The number of halogens is 2. The van der Waals surface area contributed by atoms with Crippen molar-refractivity contribution in [1.82, 2.24) is 5.43 Å². The summed E-state index contributed by atoms with van der Waals surface area (Å²) in [5.74, 6) is -0.487. The normalized spacial score (nSPS) is 10.5. The zero-order valence-corrected chi connectivity index (χ0v) is 20.5. The van der Waals surface area contributed by atoms with Crippen LogP contribution in [0, 0.1) is 18.3 Å². The number of benzene rings is 3. The van der Waals surface area contributed by atoms with Crippen molar-refractivity contribution in [2.24, 2.45) is 5.10 Å². The second-order valence-corrected chi connectivity index (χ2v) is 8.52. The van der Waals surface area contributed by atoms with Crippen LogP contribution in [0.1, 0.15) is 27.0 Å². The highest BCUT2D eigenvalue weighted by Crippen LogP contribution is 2.32. The predicted octanol–water partition coefficient (Wildman–Crippen LogP) is 5.14. The lowest BCUT2D eigenvalue weighted by Crippen LogP contribution is -2.24. The van der Waals surface area contributed by atoms with Crippen LogP contribution in [-0.4, -0.2) is 24.7 Å². The van der Waals surface area contributed by atoms with Gasteiger partial charge in [0.15, 0.2) is 12.4 Å². The molecule has 33 heavy (non-hydrogen) atoms. The Morgan fingerprint density at radius 2 is 1.91 bits per heavy atom. The van der Waals surface area contributed by atoms with Crippen LogP contribution >= 0.6 is 31.9 Å². The molecule has 0 aliphatic heterocycles. The number of nitrogens with zero attached hydrogens (tertiary/aromatic N) is 2. The van der Waals surface area contributed by atoms with Gasteiger partial charge in [0, 0.05) is 10.0 Å². The Balaban J connectivity index is 1.69. The number of hydrazone groups is 1. The minimum Gasteiger partial charge on any atom is -0.482 e. The molecule has 0 aliphatic carbocycles. The van der Waals surface area contributed by atoms with E-state index in [0.29, 0.717) is 31.4 Å². The van der Waals surface area contributed by atoms with Crippen LogP contribution in [0.3, 0.4) is 0 Å². The van der Waals surface area contributed by atoms with Crippen LogP contribution in [0.5, 0.6) is 11.5 Å². The Kier molecular flexibility index (Phi) is 8.35. The maximum atomic E-state index is 12.6. The standard InChI is InChI=1S/C24H17Br2N3O4/c1-15-5-4-7-16(9-15)24(31)33-23-18(10-19(25)11-20(23)26)13-28-29-22(30)14-32-21-8-3-2-6-17(21)12-27/h2-11,13H,14H2,1H3,(H,29,30). The molecule has 0 aliphatic rings. The SMILES string of the molecule is Cc1cccc(C(=O)Oc2c(Br)cc(Br)cc2C=NNC(=O)COc2ccccc2C#N)c1. The molecule has 3 aromatic carbocycles. The van der Waals surface area contributed by atoms with Crippen molar-refractivity contribution in [3.8, 4) is 17.6 Å². The second kappa shape index (κ2) is 11.4. The highest BCUT2D eigenvalue weighted by atomic mass is 79.9. The summed E-state index contributed by atoms with van der Waals surface area (Å²) in [6.07, 6.45) is 1.36. The van der Waals surface area contributed by atoms with Gasteiger partial charge in [-0.25, -0.2) is 10.2 Å². The van der Waals surface area contributed by atoms with Gasteiger partial charge < -0.3 is 9.47 Å². The number of hydrogen-bond donors (Lipinski definition) is 1. The summed E-state index contributed by atoms with van der Waals surface area (Å²) in [5.41, 5.74) is 4.47. The summed E-state index contributed by atoms with van der Waals surface area (Å²) in [7, 11) is 0. The number of ether oxygens (including phenoxy) is 2. The third kappa shape index (κ3) is 6.75. The number of para-hydroxylation sites is 1. The Morgan fingerprint density at radius 1 is 1.12 bits per heavy atom. The minimum absolute atomic E-state index is 0.252. The molecule has 0 saturated heterocycles. The number of esters is 1. The Bertz CT molecular complexity index is 1270. The van der Waals surface area contributed by atoms with Crippen LogP contribution in [-0.2, 0) is 4.79 Å². The molecule has 1 amide bonds. The van der Waals surface area contributed by atoms with Crippen molar-refractivity contribution in [2.45, 2.75) is 6.92 Å². The summed E-state index contributed by atoms with van der Waals surface area (Å²) in [6.45, 7) is 1.56. The van der Waals surface area contributed by atoms with E-state index in [4.69, 9.17) is 14.7 Å². The Hall–Kier alpha value is -3.48. The van der Waals surface area contributed by atoms with Gasteiger partial charge in [-0.15, -0.1) is 0 Å². The largest absolute Gasteiger partial charge is 0.482 e. The Labute approximate surface area is 207 Å². The number of hydrogen-bond acceptors (Lipinski definition) is 6. The van der Waals surface area contributed by atoms with Gasteiger partial charge in [0.2, 0.25) is 0 Å². The first kappa shape index (κ1) is 24.2. The molecule has 0 aromatic heterocycles. The van der Waals surface area contributed by atoms with Crippen molar-refractivity contribution in [3.63, 3.8) is 0 Å². The lowest BCUT2D eigenvalue weighted by molar-refractivity contribution is -0.123. The third-order valence-electron chi connectivity index (χ3n) is 4.24. The number of rotatable bonds is 7. The van der Waals surface area contributed by atoms with Crippen LogP contribution in [0.2, 0.25) is 0 Å². The maximum absolute atomic E-state index is 12.6. The van der Waals surface area contributed by atoms with E-state index in [1.54, 1.807) is 54.6 Å². The van der Waals surface area contributed by atoms with Crippen LogP contribution in [0.15, 0.2) is 74.7 Å². The summed E-state index contributed by atoms with van der Waals surface area (Å²) in [4.78, 5) is 24.7. The molecule has 0 unspecified atom stereocenters. The molecule has 0 heterocycles. The second-order valence-electron chi connectivity index (χ2n) is 6.75. The molecular formula is C24H17Br2N3O4. The molecule has 3 aromatic rings. The topological polar surface area (TPSA) is 101 Å². The number of nitriles is 1. The smallest absolute Gasteiger partial charge is 0.343 e. The van der Waals surface area contributed by atoms with E-state index in [0.717, 1.165) is 5.56 Å². The summed E-state index contributed by atoms with van der Waals surface area (Å²) in [5, 5.41) is 13.0. The van der Waals surface area contributed by atoms with Gasteiger partial charge in [-0.1, -0.05) is 45.8 Å². The highest BCUT2D eigenvalue weighted by Gasteiger charge is 2.15. The maximum Gasteiger partial charge on any atom is 0.343 e. The van der Waals surface area contributed by atoms with E-state index in [2.05, 4.69) is 42.4 Å². The van der Waals surface area contributed by atoms with Gasteiger partial charge >= 0.3 is 5.97 Å². The molecule has 0 bridgehead atoms. The van der Waals surface area contributed by atoms with E-state index in [1.807, 2.05) is 19.1 Å². The van der Waals surface area contributed by atoms with E-state index in [1.165, 1.54) is 6.21 Å². The molecular weight excluding hydrogens is 554 g/mol. The number of nitrogens with one attached hydrogen (secondary N) is 1. The molecule has 0 fully saturated rings. The predicted molar refractivity (Wildman–Crippen MR) is 130 cm³/mol. The van der Waals surface area contributed by atoms with Gasteiger partial charge in [0.25, 0.3) is 5.91 Å². The molecule has 1 N–H and O–H groups in total. The van der Waals surface area contributed by atoms with Gasteiger partial charge in [0.1, 0.15) is 11.8 Å². The summed E-state index contributed by atoms with van der Waals surface area (Å²) >= 11 is 6.78. The molecule has 7 nitrogen and oxygen atoms in total. The number of amides is 1. The van der Waals surface area contributed by atoms with Gasteiger partial charge in [-0.3, -0.25) is 4.79 Å². The van der Waals surface area contributed by atoms with E-state index in [9.17, 15) is 9.59 Å². The third-order valence-corrected chi connectivity index (χ3v) is 5.29. The van der Waals surface area contributed by atoms with Crippen molar-refractivity contribution < 1.29 is 19.1 Å². The van der Waals surface area contributed by atoms with Crippen LogP contribution in [0.25, 0.3) is 0 Å². The zero-order valence-electron chi connectivity index (χ0n) is 17.3. The van der Waals surface area contributed by atoms with Gasteiger partial charge in [-0.2, -0.15) is 10.4 Å². The van der Waals surface area contributed by atoms with Gasteiger partial charge in [-0.05, 0) is 59.3 Å². The Morgan fingerprint density at radius 3 is 2.67 bits per heavy atom. The number of carbonyl (C=O) groups is 2. The first-order valence-electron chi connectivity index (χ1n) is 9.59. The van der Waals surface area contributed by atoms with Crippen LogP contribution < -0.4 is 14.9 Å². The zero-order chi connectivity index (χ0) is 23.8. The molecule has 0 radical (unpaired) electrons. The van der Waals surface area contributed by atoms with Crippen molar-refractivity contribution in [2.75, 3.05) is 6.61 Å². The van der Waals surface area contributed by atoms with Crippen LogP contribution in [0.4, 0.5) is 0 Å². The molecule has 9 heteroatoms. The fourth-order valence-corrected chi connectivity index (χ4v) is 4.08. The monoisotopic (exact) mass is 569 g/mol. The highest BCUT2D eigenvalue weighted by molar-refractivity contribution is 9.11. The van der Waals surface area contributed by atoms with Crippen molar-refractivity contribution in [3.05, 3.63) is 91.9 Å². The molecule has 0 spiro atoms. The summed E-state index contributed by atoms with van der Waals surface area (Å²) in [6, 6.07) is 19.1. The molecule has 0 atom stereocenters. The van der Waals surface area contributed by atoms with E-state index in [-0.39, 0.29) is 12.4 Å². The molecule has 0 saturated carbocycles. The fraction of sp³-hybridized carbons (Fsp3) is 0.0833. The van der Waals surface area contributed by atoms with Gasteiger partial charge in [0.05, 0.1) is 21.8 Å². The number of aryl methyl sites for hydroxylation is 1. The molecule has 3 rings (SSSR count).